The highest BCUT2D eigenvalue weighted by Crippen LogP contribution is 2.44. The van der Waals surface area contributed by atoms with Crippen molar-refractivity contribution < 1.29 is 8.42 Å². The molecule has 1 aliphatic heterocycles. The Kier molecular flexibility index (Phi) is 4.70. The molecule has 7 heteroatoms. The molecule has 0 amide bonds. The number of halogens is 1. The summed E-state index contributed by atoms with van der Waals surface area (Å²) in [5, 5.41) is 0. The van der Waals surface area contributed by atoms with Crippen molar-refractivity contribution in [3.63, 3.8) is 0 Å². The second-order valence-electron chi connectivity index (χ2n) is 6.56. The van der Waals surface area contributed by atoms with Crippen molar-refractivity contribution in [1.82, 2.24) is 0 Å². The van der Waals surface area contributed by atoms with E-state index in [1.165, 1.54) is 4.31 Å². The van der Waals surface area contributed by atoms with E-state index in [0.29, 0.717) is 19.0 Å². The second kappa shape index (κ2) is 6.52. The summed E-state index contributed by atoms with van der Waals surface area (Å²) < 4.78 is 28.3. The Morgan fingerprint density at radius 1 is 1.08 bits per heavy atom. The van der Waals surface area contributed by atoms with Crippen molar-refractivity contribution in [1.29, 1.82) is 0 Å². The van der Waals surface area contributed by atoms with Crippen molar-refractivity contribution in [2.45, 2.75) is 19.4 Å². The van der Waals surface area contributed by atoms with E-state index in [1.54, 1.807) is 11.4 Å². The van der Waals surface area contributed by atoms with Gasteiger partial charge < -0.3 is 5.73 Å². The first-order valence-corrected chi connectivity index (χ1v) is 9.60. The Morgan fingerprint density at radius 2 is 1.80 bits per heavy atom. The predicted molar refractivity (Wildman–Crippen MR) is 104 cm³/mol. The molecule has 2 aliphatic rings. The SMILES string of the molecule is CN1c2cc(-c3cccc(CN)c3)ccc2N(CC2CC2)S1(=O)=O.Cl. The summed E-state index contributed by atoms with van der Waals surface area (Å²) >= 11 is 0. The van der Waals surface area contributed by atoms with Gasteiger partial charge in [0.05, 0.1) is 11.4 Å². The molecule has 1 fully saturated rings. The van der Waals surface area contributed by atoms with Crippen LogP contribution >= 0.6 is 12.4 Å². The van der Waals surface area contributed by atoms with E-state index in [-0.39, 0.29) is 12.4 Å². The van der Waals surface area contributed by atoms with Gasteiger partial charge in [-0.2, -0.15) is 8.42 Å². The zero-order valence-electron chi connectivity index (χ0n) is 14.1. The molecule has 1 aliphatic carbocycles. The van der Waals surface area contributed by atoms with Crippen LogP contribution in [0.1, 0.15) is 18.4 Å². The van der Waals surface area contributed by atoms with Crippen LogP contribution in [0.3, 0.4) is 0 Å². The first-order chi connectivity index (χ1) is 11.5. The topological polar surface area (TPSA) is 66.6 Å². The lowest BCUT2D eigenvalue weighted by Crippen LogP contribution is -2.36. The fourth-order valence-corrected chi connectivity index (χ4v) is 4.66. The van der Waals surface area contributed by atoms with Gasteiger partial charge in [0.1, 0.15) is 0 Å². The lowest BCUT2D eigenvalue weighted by atomic mass is 10.0. The molecule has 0 atom stereocenters. The Bertz CT molecular complexity index is 897. The zero-order valence-corrected chi connectivity index (χ0v) is 15.7. The molecular formula is C18H22ClN3O2S. The lowest BCUT2D eigenvalue weighted by Gasteiger charge is -2.18. The summed E-state index contributed by atoms with van der Waals surface area (Å²) in [7, 11) is -1.82. The van der Waals surface area contributed by atoms with Crippen LogP contribution in [0.15, 0.2) is 42.5 Å². The van der Waals surface area contributed by atoms with Gasteiger partial charge >= 0.3 is 10.2 Å². The minimum atomic E-state index is -3.45. The van der Waals surface area contributed by atoms with Gasteiger partial charge in [-0.25, -0.2) is 0 Å². The first-order valence-electron chi connectivity index (χ1n) is 8.21. The Hall–Kier alpha value is -1.76. The van der Waals surface area contributed by atoms with Crippen LogP contribution in [0.25, 0.3) is 11.1 Å². The maximum Gasteiger partial charge on any atom is 0.326 e. The van der Waals surface area contributed by atoms with Gasteiger partial charge in [-0.15, -0.1) is 12.4 Å². The van der Waals surface area contributed by atoms with Crippen molar-refractivity contribution in [2.75, 3.05) is 22.2 Å². The summed E-state index contributed by atoms with van der Waals surface area (Å²) in [6, 6.07) is 13.9. The molecule has 25 heavy (non-hydrogen) atoms. The monoisotopic (exact) mass is 379 g/mol. The Labute approximate surface area is 155 Å². The van der Waals surface area contributed by atoms with E-state index < -0.39 is 10.2 Å². The molecule has 0 saturated heterocycles. The van der Waals surface area contributed by atoms with Crippen molar-refractivity contribution >= 4 is 34.0 Å². The zero-order chi connectivity index (χ0) is 16.9. The third-order valence-electron chi connectivity index (χ3n) is 4.82. The fourth-order valence-electron chi connectivity index (χ4n) is 3.17. The van der Waals surface area contributed by atoms with Gasteiger partial charge in [0.25, 0.3) is 0 Å². The van der Waals surface area contributed by atoms with Crippen LogP contribution in [-0.4, -0.2) is 22.0 Å². The fraction of sp³-hybridized carbons (Fsp3) is 0.333. The molecule has 1 heterocycles. The molecule has 0 unspecified atom stereocenters. The smallest absolute Gasteiger partial charge is 0.326 e. The van der Waals surface area contributed by atoms with Gasteiger partial charge in [-0.3, -0.25) is 8.61 Å². The average molecular weight is 380 g/mol. The highest BCUT2D eigenvalue weighted by Gasteiger charge is 2.40. The normalized spacial score (nSPS) is 18.0. The third-order valence-corrected chi connectivity index (χ3v) is 6.62. The van der Waals surface area contributed by atoms with Crippen molar-refractivity contribution in [3.05, 3.63) is 48.0 Å². The standard InChI is InChI=1S/C18H21N3O2S.ClH/c1-20-18-10-16(15-4-2-3-14(9-15)11-19)7-8-17(18)21(24(20,22)23)12-13-5-6-13;/h2-4,7-10,13H,5-6,11-12,19H2,1H3;1H. The molecular weight excluding hydrogens is 358 g/mol. The van der Waals surface area contributed by atoms with Gasteiger partial charge in [0.15, 0.2) is 0 Å². The Balaban J connectivity index is 0.00000182. The first kappa shape index (κ1) is 18.0. The number of fused-ring (bicyclic) bond motifs is 1. The van der Waals surface area contributed by atoms with Gasteiger partial charge in [0.2, 0.25) is 0 Å². The van der Waals surface area contributed by atoms with Gasteiger partial charge in [0, 0.05) is 20.1 Å². The summed E-state index contributed by atoms with van der Waals surface area (Å²) in [4.78, 5) is 0. The third kappa shape index (κ3) is 3.10. The average Bonchev–Trinajstić information content (AvgIpc) is 3.39. The lowest BCUT2D eigenvalue weighted by molar-refractivity contribution is 0.590. The van der Waals surface area contributed by atoms with Crippen LogP contribution in [0.2, 0.25) is 0 Å². The summed E-state index contributed by atoms with van der Waals surface area (Å²) in [5.41, 5.74) is 10.4. The van der Waals surface area contributed by atoms with Crippen LogP contribution in [0, 0.1) is 5.92 Å². The van der Waals surface area contributed by atoms with Gasteiger partial charge in [-0.1, -0.05) is 24.3 Å². The van der Waals surface area contributed by atoms with Crippen molar-refractivity contribution in [3.8, 4) is 11.1 Å². The summed E-state index contributed by atoms with van der Waals surface area (Å²) in [6.45, 7) is 1.07. The maximum atomic E-state index is 12.7. The molecule has 0 radical (unpaired) electrons. The van der Waals surface area contributed by atoms with Crippen LogP contribution in [-0.2, 0) is 16.8 Å². The maximum absolute atomic E-state index is 12.7. The molecule has 0 aromatic heterocycles. The number of nitrogens with zero attached hydrogens (tertiary/aromatic N) is 2. The molecule has 1 saturated carbocycles. The van der Waals surface area contributed by atoms with Crippen LogP contribution in [0.4, 0.5) is 11.4 Å². The number of nitrogens with two attached hydrogens (primary N) is 1. The van der Waals surface area contributed by atoms with E-state index in [2.05, 4.69) is 0 Å². The second-order valence-corrected chi connectivity index (χ2v) is 8.44. The largest absolute Gasteiger partial charge is 0.326 e. The predicted octanol–water partition coefficient (Wildman–Crippen LogP) is 3.15. The quantitative estimate of drug-likeness (QED) is 0.887. The molecule has 2 aromatic rings. The highest BCUT2D eigenvalue weighted by molar-refractivity contribution is 7.94. The van der Waals surface area contributed by atoms with E-state index in [9.17, 15) is 8.42 Å². The van der Waals surface area contributed by atoms with E-state index in [4.69, 9.17) is 5.73 Å². The minimum Gasteiger partial charge on any atom is -0.326 e. The molecule has 0 spiro atoms. The number of benzene rings is 2. The van der Waals surface area contributed by atoms with Gasteiger partial charge in [-0.05, 0) is 53.6 Å². The molecule has 2 N–H and O–H groups in total. The number of anilines is 2. The molecule has 0 bridgehead atoms. The van der Waals surface area contributed by atoms with Crippen LogP contribution < -0.4 is 14.3 Å². The Morgan fingerprint density at radius 3 is 2.48 bits per heavy atom. The van der Waals surface area contributed by atoms with Crippen LogP contribution in [0.5, 0.6) is 0 Å². The number of hydrogen-bond acceptors (Lipinski definition) is 3. The number of hydrogen-bond donors (Lipinski definition) is 1. The molecule has 4 rings (SSSR count). The van der Waals surface area contributed by atoms with E-state index in [0.717, 1.165) is 40.9 Å². The molecule has 2 aromatic carbocycles. The summed E-state index contributed by atoms with van der Waals surface area (Å²) in [6.07, 6.45) is 2.24. The minimum absolute atomic E-state index is 0. The summed E-state index contributed by atoms with van der Waals surface area (Å²) in [5.74, 6) is 0.500. The van der Waals surface area contributed by atoms with E-state index >= 15 is 0 Å². The molecule has 5 nitrogen and oxygen atoms in total. The number of rotatable bonds is 4. The van der Waals surface area contributed by atoms with Crippen molar-refractivity contribution in [2.24, 2.45) is 11.7 Å². The highest BCUT2D eigenvalue weighted by atomic mass is 35.5. The molecule has 134 valence electrons. The van der Waals surface area contributed by atoms with E-state index in [1.807, 2.05) is 42.5 Å².